The highest BCUT2D eigenvalue weighted by Crippen LogP contribution is 2.17. The van der Waals surface area contributed by atoms with E-state index in [2.05, 4.69) is 10.6 Å². The Bertz CT molecular complexity index is 932. The molecule has 1 aromatic heterocycles. The number of nitrogens with zero attached hydrogens (tertiary/aromatic N) is 1. The lowest BCUT2D eigenvalue weighted by Gasteiger charge is -2.07. The van der Waals surface area contributed by atoms with Crippen LogP contribution in [0.5, 0.6) is 0 Å². The molecule has 0 fully saturated rings. The smallest absolute Gasteiger partial charge is 0.291 e. The largest absolute Gasteiger partial charge is 0.459 e. The number of nitro groups is 1. The molecule has 3 rings (SSSR count). The van der Waals surface area contributed by atoms with Gasteiger partial charge in [-0.1, -0.05) is 0 Å². The molecule has 0 saturated carbocycles. The van der Waals surface area contributed by atoms with Gasteiger partial charge < -0.3 is 15.1 Å². The summed E-state index contributed by atoms with van der Waals surface area (Å²) in [6.07, 6.45) is 1.41. The second-order valence-electron chi connectivity index (χ2n) is 5.27. The molecule has 0 unspecified atom stereocenters. The van der Waals surface area contributed by atoms with Crippen LogP contribution >= 0.6 is 0 Å². The van der Waals surface area contributed by atoms with Crippen molar-refractivity contribution in [1.29, 1.82) is 0 Å². The number of carbonyl (C=O) groups excluding carboxylic acids is 2. The third kappa shape index (κ3) is 3.93. The quantitative estimate of drug-likeness (QED) is 0.537. The van der Waals surface area contributed by atoms with E-state index in [4.69, 9.17) is 4.42 Å². The van der Waals surface area contributed by atoms with Gasteiger partial charge in [-0.05, 0) is 48.5 Å². The third-order valence-corrected chi connectivity index (χ3v) is 3.49. The van der Waals surface area contributed by atoms with Crippen molar-refractivity contribution in [3.63, 3.8) is 0 Å². The zero-order valence-electron chi connectivity index (χ0n) is 13.3. The maximum atomic E-state index is 12.2. The first-order chi connectivity index (χ1) is 12.5. The predicted octanol–water partition coefficient (Wildman–Crippen LogP) is 3.69. The maximum absolute atomic E-state index is 12.2. The van der Waals surface area contributed by atoms with Gasteiger partial charge >= 0.3 is 0 Å². The van der Waals surface area contributed by atoms with Crippen LogP contribution in [0.1, 0.15) is 20.9 Å². The Hall–Kier alpha value is -3.94. The fraction of sp³-hybridized carbons (Fsp3) is 0. The van der Waals surface area contributed by atoms with Crippen molar-refractivity contribution in [2.75, 3.05) is 10.6 Å². The van der Waals surface area contributed by atoms with Crippen molar-refractivity contribution < 1.29 is 18.9 Å². The van der Waals surface area contributed by atoms with Crippen LogP contribution in [0.25, 0.3) is 0 Å². The lowest BCUT2D eigenvalue weighted by molar-refractivity contribution is -0.384. The van der Waals surface area contributed by atoms with E-state index in [1.54, 1.807) is 36.4 Å². The van der Waals surface area contributed by atoms with E-state index in [1.165, 1.54) is 30.5 Å². The lowest BCUT2D eigenvalue weighted by atomic mass is 10.2. The van der Waals surface area contributed by atoms with Crippen LogP contribution in [0, 0.1) is 10.1 Å². The van der Waals surface area contributed by atoms with E-state index >= 15 is 0 Å². The van der Waals surface area contributed by atoms with Crippen LogP contribution in [0.2, 0.25) is 0 Å². The van der Waals surface area contributed by atoms with Crippen molar-refractivity contribution in [2.24, 2.45) is 0 Å². The van der Waals surface area contributed by atoms with Gasteiger partial charge in [-0.25, -0.2) is 0 Å². The highest BCUT2D eigenvalue weighted by Gasteiger charge is 2.11. The Morgan fingerprint density at radius 2 is 1.42 bits per heavy atom. The van der Waals surface area contributed by atoms with Crippen molar-refractivity contribution >= 4 is 28.9 Å². The zero-order chi connectivity index (χ0) is 18.5. The molecule has 26 heavy (non-hydrogen) atoms. The molecule has 3 aromatic rings. The van der Waals surface area contributed by atoms with Crippen LogP contribution < -0.4 is 10.6 Å². The average molecular weight is 351 g/mol. The summed E-state index contributed by atoms with van der Waals surface area (Å²) in [6, 6.07) is 15.0. The summed E-state index contributed by atoms with van der Waals surface area (Å²) in [5, 5.41) is 16.0. The van der Waals surface area contributed by atoms with Crippen molar-refractivity contribution in [3.8, 4) is 0 Å². The monoisotopic (exact) mass is 351 g/mol. The molecule has 130 valence electrons. The Balaban J connectivity index is 1.62. The first-order valence-electron chi connectivity index (χ1n) is 7.53. The molecule has 8 nitrogen and oxygen atoms in total. The number of amides is 2. The van der Waals surface area contributed by atoms with Crippen LogP contribution in [0.4, 0.5) is 17.1 Å². The number of non-ortho nitro benzene ring substituents is 1. The van der Waals surface area contributed by atoms with E-state index in [0.29, 0.717) is 16.9 Å². The number of hydrogen-bond donors (Lipinski definition) is 2. The van der Waals surface area contributed by atoms with Gasteiger partial charge in [0.15, 0.2) is 5.76 Å². The summed E-state index contributed by atoms with van der Waals surface area (Å²) < 4.78 is 5.00. The number of rotatable bonds is 5. The van der Waals surface area contributed by atoms with Crippen molar-refractivity contribution in [2.45, 2.75) is 0 Å². The Kier molecular flexibility index (Phi) is 4.75. The first-order valence-corrected chi connectivity index (χ1v) is 7.53. The number of benzene rings is 2. The van der Waals surface area contributed by atoms with Gasteiger partial charge in [-0.15, -0.1) is 0 Å². The third-order valence-electron chi connectivity index (χ3n) is 3.49. The Morgan fingerprint density at radius 1 is 0.846 bits per heavy atom. The lowest BCUT2D eigenvalue weighted by Crippen LogP contribution is -2.13. The van der Waals surface area contributed by atoms with Crippen molar-refractivity contribution in [1.82, 2.24) is 0 Å². The zero-order valence-corrected chi connectivity index (χ0v) is 13.3. The summed E-state index contributed by atoms with van der Waals surface area (Å²) in [7, 11) is 0. The number of carbonyl (C=O) groups is 2. The number of nitro benzene ring substituents is 1. The number of furan rings is 1. The summed E-state index contributed by atoms with van der Waals surface area (Å²) in [5.41, 5.74) is 1.27. The molecule has 0 aliphatic heterocycles. The highest BCUT2D eigenvalue weighted by atomic mass is 16.6. The Morgan fingerprint density at radius 3 is 1.92 bits per heavy atom. The fourth-order valence-electron chi connectivity index (χ4n) is 2.18. The fourth-order valence-corrected chi connectivity index (χ4v) is 2.18. The van der Waals surface area contributed by atoms with Gasteiger partial charge in [0.25, 0.3) is 17.5 Å². The molecule has 0 aliphatic carbocycles. The van der Waals surface area contributed by atoms with Gasteiger partial charge in [0, 0.05) is 29.1 Å². The summed E-state index contributed by atoms with van der Waals surface area (Å²) in [5.74, 6) is -0.578. The van der Waals surface area contributed by atoms with Crippen LogP contribution in [-0.2, 0) is 0 Å². The van der Waals surface area contributed by atoms with E-state index in [-0.39, 0.29) is 17.4 Å². The van der Waals surface area contributed by atoms with Gasteiger partial charge in [-0.2, -0.15) is 0 Å². The number of hydrogen-bond acceptors (Lipinski definition) is 5. The minimum atomic E-state index is -0.530. The highest BCUT2D eigenvalue weighted by molar-refractivity contribution is 6.05. The minimum absolute atomic E-state index is 0.0850. The molecule has 2 aromatic carbocycles. The second kappa shape index (κ2) is 7.31. The molecule has 0 atom stereocenters. The van der Waals surface area contributed by atoms with Crippen LogP contribution in [0.15, 0.2) is 71.3 Å². The molecule has 8 heteroatoms. The summed E-state index contributed by atoms with van der Waals surface area (Å²) in [4.78, 5) is 34.1. The molecule has 0 aliphatic rings. The minimum Gasteiger partial charge on any atom is -0.459 e. The van der Waals surface area contributed by atoms with Crippen LogP contribution in [0.3, 0.4) is 0 Å². The number of anilines is 2. The van der Waals surface area contributed by atoms with E-state index in [9.17, 15) is 19.7 Å². The normalized spacial score (nSPS) is 10.2. The molecule has 2 amide bonds. The standard InChI is InChI=1S/C18H13N3O5/c22-17(12-3-9-15(10-4-12)21(24)25)19-13-5-7-14(8-6-13)20-18(23)16-2-1-11-26-16/h1-11H,(H,19,22)(H,20,23). The van der Waals surface area contributed by atoms with Gasteiger partial charge in [-0.3, -0.25) is 19.7 Å². The molecule has 0 radical (unpaired) electrons. The molecule has 0 spiro atoms. The molecular weight excluding hydrogens is 338 g/mol. The SMILES string of the molecule is O=C(Nc1ccc(NC(=O)c2ccco2)cc1)c1ccc([N+](=O)[O-])cc1. The Labute approximate surface area is 147 Å². The number of nitrogens with one attached hydrogen (secondary N) is 2. The first kappa shape index (κ1) is 16.9. The van der Waals surface area contributed by atoms with E-state index in [1.807, 2.05) is 0 Å². The van der Waals surface area contributed by atoms with E-state index in [0.717, 1.165) is 0 Å². The van der Waals surface area contributed by atoms with E-state index < -0.39 is 10.8 Å². The van der Waals surface area contributed by atoms with Gasteiger partial charge in [0.1, 0.15) is 0 Å². The molecule has 1 heterocycles. The average Bonchev–Trinajstić information content (AvgIpc) is 3.18. The molecule has 0 bridgehead atoms. The molecule has 2 N–H and O–H groups in total. The summed E-state index contributed by atoms with van der Waals surface area (Å²) >= 11 is 0. The van der Waals surface area contributed by atoms with Gasteiger partial charge in [0.05, 0.1) is 11.2 Å². The van der Waals surface area contributed by atoms with Crippen LogP contribution in [-0.4, -0.2) is 16.7 Å². The maximum Gasteiger partial charge on any atom is 0.291 e. The second-order valence-corrected chi connectivity index (χ2v) is 5.27. The summed E-state index contributed by atoms with van der Waals surface area (Å²) in [6.45, 7) is 0. The molecular formula is C18H13N3O5. The molecule has 0 saturated heterocycles. The predicted molar refractivity (Wildman–Crippen MR) is 94.2 cm³/mol. The topological polar surface area (TPSA) is 114 Å². The van der Waals surface area contributed by atoms with Crippen molar-refractivity contribution in [3.05, 3.63) is 88.4 Å². The van der Waals surface area contributed by atoms with Gasteiger partial charge in [0.2, 0.25) is 0 Å².